The van der Waals surface area contributed by atoms with Crippen molar-refractivity contribution in [2.75, 3.05) is 0 Å². The van der Waals surface area contributed by atoms with Crippen molar-refractivity contribution in [3.05, 3.63) is 50.6 Å². The lowest BCUT2D eigenvalue weighted by atomic mass is 10.3. The van der Waals surface area contributed by atoms with Crippen molar-refractivity contribution in [3.8, 4) is 0 Å². The van der Waals surface area contributed by atoms with E-state index in [1.54, 1.807) is 52.0 Å². The van der Waals surface area contributed by atoms with Crippen molar-refractivity contribution < 1.29 is 31.5 Å². The van der Waals surface area contributed by atoms with E-state index in [4.69, 9.17) is 22.4 Å². The lowest BCUT2D eigenvalue weighted by Crippen LogP contribution is -2.17. The second-order valence-corrected chi connectivity index (χ2v) is 10.0. The molecule has 0 radical (unpaired) electrons. The Kier molecular flexibility index (Phi) is 13.9. The molecular weight excluding hydrogens is 414 g/mol. The Labute approximate surface area is 176 Å². The van der Waals surface area contributed by atoms with Crippen molar-refractivity contribution in [2.24, 2.45) is 0 Å². The van der Waals surface area contributed by atoms with Crippen LogP contribution in [0.2, 0.25) is 0 Å². The van der Waals surface area contributed by atoms with Crippen LogP contribution in [-0.4, -0.2) is 24.4 Å². The highest BCUT2D eigenvalue weighted by Crippen LogP contribution is 2.68. The molecule has 0 aromatic heterocycles. The Bertz CT molecular complexity index is 524. The van der Waals surface area contributed by atoms with Gasteiger partial charge in [0.05, 0.1) is 24.4 Å². The van der Waals surface area contributed by atoms with E-state index in [9.17, 15) is 9.13 Å². The maximum Gasteiger partial charge on any atom is 0.484 e. The van der Waals surface area contributed by atoms with E-state index < -0.39 is 40.1 Å². The minimum Gasteiger partial charge on any atom is -0.283 e. The van der Waals surface area contributed by atoms with Crippen LogP contribution in [0.5, 0.6) is 0 Å². The molecule has 0 bridgehead atoms. The molecule has 0 fully saturated rings. The van der Waals surface area contributed by atoms with Gasteiger partial charge < -0.3 is 0 Å². The van der Waals surface area contributed by atoms with Crippen LogP contribution in [0.15, 0.2) is 50.6 Å². The highest BCUT2D eigenvalue weighted by atomic mass is 31.3. The first-order valence-corrected chi connectivity index (χ1v) is 12.5. The Balaban J connectivity index is 5.77. The van der Waals surface area contributed by atoms with Crippen LogP contribution in [-0.2, 0) is 31.5 Å². The normalized spacial score (nSPS) is 19.7. The molecule has 4 unspecified atom stereocenters. The zero-order valence-electron chi connectivity index (χ0n) is 18.0. The van der Waals surface area contributed by atoms with Crippen molar-refractivity contribution in [3.63, 3.8) is 0 Å². The fourth-order valence-corrected chi connectivity index (χ4v) is 6.04. The van der Waals surface area contributed by atoms with Gasteiger partial charge in [0, 0.05) is 0 Å². The number of rotatable bonds is 18. The molecule has 4 atom stereocenters. The van der Waals surface area contributed by atoms with Crippen molar-refractivity contribution >= 4 is 15.6 Å². The molecule has 0 aliphatic carbocycles. The van der Waals surface area contributed by atoms with E-state index in [2.05, 4.69) is 26.3 Å². The van der Waals surface area contributed by atoms with Crippen LogP contribution in [0.1, 0.15) is 53.4 Å². The standard InChI is InChI=1S/C20H36O7P2/c1-9-13-17(5)23-28(21,24-18(6)14-10-2)27-29(22,25-19(7)15-11-3)26-20(8)16-12-4/h9-12,17-20H,1-4,13-16H2,5-8H3. The smallest absolute Gasteiger partial charge is 0.283 e. The van der Waals surface area contributed by atoms with Crippen LogP contribution in [0.25, 0.3) is 0 Å². The maximum atomic E-state index is 13.4. The molecule has 0 saturated heterocycles. The van der Waals surface area contributed by atoms with Gasteiger partial charge in [0.15, 0.2) is 0 Å². The fourth-order valence-electron chi connectivity index (χ4n) is 2.24. The summed E-state index contributed by atoms with van der Waals surface area (Å²) in [4.78, 5) is 0. The minimum absolute atomic E-state index is 0.387. The summed E-state index contributed by atoms with van der Waals surface area (Å²) in [5, 5.41) is 0. The van der Waals surface area contributed by atoms with Gasteiger partial charge in [-0.15, -0.1) is 26.3 Å². The van der Waals surface area contributed by atoms with Gasteiger partial charge in [-0.3, -0.25) is 18.1 Å². The minimum atomic E-state index is -4.32. The van der Waals surface area contributed by atoms with Crippen molar-refractivity contribution in [2.45, 2.75) is 77.8 Å². The van der Waals surface area contributed by atoms with E-state index in [0.717, 1.165) is 0 Å². The summed E-state index contributed by atoms with van der Waals surface area (Å²) >= 11 is 0. The number of hydrogen-bond donors (Lipinski definition) is 0. The molecule has 0 saturated carbocycles. The Morgan fingerprint density at radius 2 is 0.793 bits per heavy atom. The molecule has 0 aromatic carbocycles. The molecule has 7 nitrogen and oxygen atoms in total. The third-order valence-electron chi connectivity index (χ3n) is 3.43. The molecule has 0 rings (SSSR count). The molecule has 168 valence electrons. The van der Waals surface area contributed by atoms with Gasteiger partial charge in [0.1, 0.15) is 0 Å². The first-order valence-electron chi connectivity index (χ1n) is 9.61. The quantitative estimate of drug-likeness (QED) is 0.162. The van der Waals surface area contributed by atoms with Crippen molar-refractivity contribution in [1.29, 1.82) is 0 Å². The average molecular weight is 450 g/mol. The summed E-state index contributed by atoms with van der Waals surface area (Å²) in [7, 11) is -8.65. The lowest BCUT2D eigenvalue weighted by Gasteiger charge is -2.29. The average Bonchev–Trinajstić information content (AvgIpc) is 2.53. The highest BCUT2D eigenvalue weighted by molar-refractivity contribution is 7.62. The predicted molar refractivity (Wildman–Crippen MR) is 118 cm³/mol. The molecule has 0 N–H and O–H groups in total. The van der Waals surface area contributed by atoms with Gasteiger partial charge in [0.2, 0.25) is 0 Å². The van der Waals surface area contributed by atoms with Gasteiger partial charge in [-0.1, -0.05) is 24.3 Å². The predicted octanol–water partition coefficient (Wildman–Crippen LogP) is 7.14. The first-order chi connectivity index (χ1) is 13.5. The first kappa shape index (κ1) is 28.2. The third kappa shape index (κ3) is 12.5. The Hall–Kier alpha value is -0.780. The largest absolute Gasteiger partial charge is 0.484 e. The SMILES string of the molecule is C=CCC(C)OP(=O)(OC(C)CC=C)OP(=O)(OC(C)CC=C)OC(C)CC=C. The zero-order valence-corrected chi connectivity index (χ0v) is 19.8. The molecule has 0 amide bonds. The number of hydrogen-bond acceptors (Lipinski definition) is 7. The maximum absolute atomic E-state index is 13.4. The second kappa shape index (κ2) is 14.3. The topological polar surface area (TPSA) is 80.3 Å². The monoisotopic (exact) mass is 450 g/mol. The van der Waals surface area contributed by atoms with E-state index in [0.29, 0.717) is 25.7 Å². The molecule has 0 aliphatic heterocycles. The summed E-state index contributed by atoms with van der Waals surface area (Å²) < 4.78 is 54.1. The van der Waals surface area contributed by atoms with Crippen LogP contribution in [0.4, 0.5) is 0 Å². The second-order valence-electron chi connectivity index (χ2n) is 6.74. The molecular formula is C20H36O7P2. The lowest BCUT2D eigenvalue weighted by molar-refractivity contribution is 0.0536. The number of phosphoric ester groups is 2. The third-order valence-corrected chi connectivity index (χ3v) is 7.50. The highest BCUT2D eigenvalue weighted by Gasteiger charge is 2.44. The van der Waals surface area contributed by atoms with Crippen molar-refractivity contribution in [1.82, 2.24) is 0 Å². The van der Waals surface area contributed by atoms with Crippen LogP contribution >= 0.6 is 15.6 Å². The molecule has 0 aromatic rings. The van der Waals surface area contributed by atoms with E-state index in [-0.39, 0.29) is 0 Å². The van der Waals surface area contributed by atoms with Crippen LogP contribution in [0.3, 0.4) is 0 Å². The molecule has 9 heteroatoms. The molecule has 0 spiro atoms. The van der Waals surface area contributed by atoms with E-state index >= 15 is 0 Å². The summed E-state index contributed by atoms with van der Waals surface area (Å²) in [6.45, 7) is 21.2. The summed E-state index contributed by atoms with van der Waals surface area (Å²) in [6, 6.07) is 0. The van der Waals surface area contributed by atoms with Gasteiger partial charge in [-0.25, -0.2) is 9.13 Å². The zero-order chi connectivity index (χ0) is 22.5. The molecule has 29 heavy (non-hydrogen) atoms. The van der Waals surface area contributed by atoms with Gasteiger partial charge in [0.25, 0.3) is 0 Å². The van der Waals surface area contributed by atoms with E-state index in [1.165, 1.54) is 0 Å². The molecule has 0 heterocycles. The molecule has 0 aliphatic rings. The Morgan fingerprint density at radius 3 is 0.966 bits per heavy atom. The van der Waals surface area contributed by atoms with E-state index in [1.807, 2.05) is 0 Å². The van der Waals surface area contributed by atoms with Crippen LogP contribution in [0, 0.1) is 0 Å². The summed E-state index contributed by atoms with van der Waals surface area (Å²) in [6.07, 6.45) is 5.74. The van der Waals surface area contributed by atoms with Gasteiger partial charge >= 0.3 is 15.6 Å². The summed E-state index contributed by atoms with van der Waals surface area (Å²) in [5.41, 5.74) is 0. The Morgan fingerprint density at radius 1 is 0.586 bits per heavy atom. The van der Waals surface area contributed by atoms with Crippen LogP contribution < -0.4 is 0 Å². The fraction of sp³-hybridized carbons (Fsp3) is 0.600. The summed E-state index contributed by atoms with van der Waals surface area (Å²) in [5.74, 6) is 0. The van der Waals surface area contributed by atoms with Gasteiger partial charge in [-0.2, -0.15) is 4.31 Å². The number of phosphoric acid groups is 2. The van der Waals surface area contributed by atoms with Gasteiger partial charge in [-0.05, 0) is 53.4 Å².